The Morgan fingerprint density at radius 1 is 1.12 bits per heavy atom. The van der Waals surface area contributed by atoms with Crippen molar-refractivity contribution >= 4 is 11.8 Å². The van der Waals surface area contributed by atoms with Crippen molar-refractivity contribution in [3.05, 3.63) is 71.3 Å². The van der Waals surface area contributed by atoms with Gasteiger partial charge in [-0.3, -0.25) is 10.1 Å². The monoisotopic (exact) mass is 328 g/mol. The minimum atomic E-state index is -0.816. The molecule has 0 aliphatic carbocycles. The summed E-state index contributed by atoms with van der Waals surface area (Å²) in [6.45, 7) is 2.06. The zero-order chi connectivity index (χ0) is 17.1. The number of anilines is 1. The number of halogens is 2. The van der Waals surface area contributed by atoms with Crippen molar-refractivity contribution in [3.63, 3.8) is 0 Å². The van der Waals surface area contributed by atoms with Crippen LogP contribution < -0.4 is 5.32 Å². The van der Waals surface area contributed by atoms with Gasteiger partial charge in [-0.15, -0.1) is 0 Å². The van der Waals surface area contributed by atoms with Crippen LogP contribution in [0.5, 0.6) is 0 Å². The standard InChI is InChI=1S/C18H14F2N2O2/c1-2-11-3-5-12(6-4-11)16-10-17(24-22-16)21-18(23)14-9-13(19)7-8-15(14)20/h3-10H,2H2,1H3,(H,21,23). The molecule has 3 rings (SSSR count). The van der Waals surface area contributed by atoms with E-state index in [1.807, 2.05) is 24.3 Å². The highest BCUT2D eigenvalue weighted by Crippen LogP contribution is 2.23. The number of hydrogen-bond donors (Lipinski definition) is 1. The van der Waals surface area contributed by atoms with Gasteiger partial charge in [0.15, 0.2) is 0 Å². The lowest BCUT2D eigenvalue weighted by atomic mass is 10.1. The third-order valence-corrected chi connectivity index (χ3v) is 3.58. The van der Waals surface area contributed by atoms with Gasteiger partial charge in [0.25, 0.3) is 5.91 Å². The summed E-state index contributed by atoms with van der Waals surface area (Å²) in [6.07, 6.45) is 0.930. The van der Waals surface area contributed by atoms with Gasteiger partial charge in [0.1, 0.15) is 17.3 Å². The number of amides is 1. The Morgan fingerprint density at radius 3 is 2.58 bits per heavy atom. The maximum absolute atomic E-state index is 13.6. The van der Waals surface area contributed by atoms with Crippen molar-refractivity contribution in [2.75, 3.05) is 5.32 Å². The van der Waals surface area contributed by atoms with Crippen molar-refractivity contribution in [2.45, 2.75) is 13.3 Å². The number of nitrogens with zero attached hydrogens (tertiary/aromatic N) is 1. The highest BCUT2D eigenvalue weighted by molar-refractivity contribution is 6.03. The van der Waals surface area contributed by atoms with Crippen LogP contribution >= 0.6 is 0 Å². The van der Waals surface area contributed by atoms with E-state index in [0.717, 1.165) is 30.2 Å². The molecule has 1 amide bonds. The van der Waals surface area contributed by atoms with Crippen molar-refractivity contribution in [1.29, 1.82) is 0 Å². The molecule has 0 aliphatic heterocycles. The van der Waals surface area contributed by atoms with E-state index in [-0.39, 0.29) is 5.88 Å². The van der Waals surface area contributed by atoms with Crippen LogP contribution in [0.3, 0.4) is 0 Å². The second-order valence-electron chi connectivity index (χ2n) is 5.21. The van der Waals surface area contributed by atoms with Crippen LogP contribution in [0.1, 0.15) is 22.8 Å². The van der Waals surface area contributed by atoms with Gasteiger partial charge in [0.2, 0.25) is 5.88 Å². The van der Waals surface area contributed by atoms with E-state index in [2.05, 4.69) is 17.4 Å². The lowest BCUT2D eigenvalue weighted by Crippen LogP contribution is -2.13. The van der Waals surface area contributed by atoms with Crippen LogP contribution in [-0.2, 0) is 6.42 Å². The fourth-order valence-electron chi connectivity index (χ4n) is 2.23. The van der Waals surface area contributed by atoms with Crippen molar-refractivity contribution < 1.29 is 18.1 Å². The zero-order valence-electron chi connectivity index (χ0n) is 12.8. The lowest BCUT2D eigenvalue weighted by molar-refractivity contribution is 0.101. The van der Waals surface area contributed by atoms with E-state index in [1.54, 1.807) is 0 Å². The molecule has 4 nitrogen and oxygen atoms in total. The predicted molar refractivity (Wildman–Crippen MR) is 85.6 cm³/mol. The van der Waals surface area contributed by atoms with Gasteiger partial charge >= 0.3 is 0 Å². The van der Waals surface area contributed by atoms with E-state index in [1.165, 1.54) is 11.6 Å². The number of rotatable bonds is 4. The minimum Gasteiger partial charge on any atom is -0.338 e. The normalized spacial score (nSPS) is 10.6. The quantitative estimate of drug-likeness (QED) is 0.770. The fraction of sp³-hybridized carbons (Fsp3) is 0.111. The molecule has 122 valence electrons. The number of aryl methyl sites for hydroxylation is 1. The van der Waals surface area contributed by atoms with Gasteiger partial charge in [-0.1, -0.05) is 36.3 Å². The Morgan fingerprint density at radius 2 is 1.88 bits per heavy atom. The van der Waals surface area contributed by atoms with Gasteiger partial charge in [0, 0.05) is 11.6 Å². The maximum Gasteiger partial charge on any atom is 0.261 e. The van der Waals surface area contributed by atoms with Crippen LogP contribution in [-0.4, -0.2) is 11.1 Å². The zero-order valence-corrected chi connectivity index (χ0v) is 12.8. The maximum atomic E-state index is 13.6. The first-order chi connectivity index (χ1) is 11.6. The molecule has 3 aromatic rings. The van der Waals surface area contributed by atoms with Crippen LogP contribution in [0.4, 0.5) is 14.7 Å². The summed E-state index contributed by atoms with van der Waals surface area (Å²) in [4.78, 5) is 12.0. The lowest BCUT2D eigenvalue weighted by Gasteiger charge is -2.02. The molecule has 0 aliphatic rings. The molecule has 6 heteroatoms. The molecular weight excluding hydrogens is 314 g/mol. The molecule has 1 aromatic heterocycles. The molecule has 0 saturated heterocycles. The number of carbonyl (C=O) groups excluding carboxylic acids is 1. The van der Waals surface area contributed by atoms with Crippen LogP contribution in [0.15, 0.2) is 53.1 Å². The van der Waals surface area contributed by atoms with Crippen LogP contribution in [0, 0.1) is 11.6 Å². The van der Waals surface area contributed by atoms with Crippen molar-refractivity contribution in [2.24, 2.45) is 0 Å². The minimum absolute atomic E-state index is 0.0539. The Balaban J connectivity index is 1.78. The molecule has 2 aromatic carbocycles. The molecule has 0 spiro atoms. The van der Waals surface area contributed by atoms with Crippen molar-refractivity contribution in [3.8, 4) is 11.3 Å². The highest BCUT2D eigenvalue weighted by Gasteiger charge is 2.15. The Labute approximate surface area is 137 Å². The first-order valence-electron chi connectivity index (χ1n) is 7.39. The number of aromatic nitrogens is 1. The first kappa shape index (κ1) is 15.9. The Bertz CT molecular complexity index is 873. The highest BCUT2D eigenvalue weighted by atomic mass is 19.1. The molecule has 0 fully saturated rings. The number of carbonyl (C=O) groups is 1. The molecule has 0 bridgehead atoms. The van der Waals surface area contributed by atoms with Crippen LogP contribution in [0.2, 0.25) is 0 Å². The second-order valence-corrected chi connectivity index (χ2v) is 5.21. The smallest absolute Gasteiger partial charge is 0.261 e. The predicted octanol–water partition coefficient (Wildman–Crippen LogP) is 4.43. The van der Waals surface area contributed by atoms with Gasteiger partial charge in [0.05, 0.1) is 5.56 Å². The summed E-state index contributed by atoms with van der Waals surface area (Å²) in [6, 6.07) is 11.9. The fourth-order valence-corrected chi connectivity index (χ4v) is 2.23. The number of benzene rings is 2. The summed E-state index contributed by atoms with van der Waals surface area (Å²) in [5, 5.41) is 6.24. The molecule has 0 saturated carbocycles. The Kier molecular flexibility index (Phi) is 4.37. The topological polar surface area (TPSA) is 55.1 Å². The molecule has 0 radical (unpaired) electrons. The largest absolute Gasteiger partial charge is 0.338 e. The third-order valence-electron chi connectivity index (χ3n) is 3.58. The van der Waals surface area contributed by atoms with E-state index in [4.69, 9.17) is 4.52 Å². The van der Waals surface area contributed by atoms with E-state index >= 15 is 0 Å². The van der Waals surface area contributed by atoms with E-state index in [0.29, 0.717) is 5.69 Å². The summed E-state index contributed by atoms with van der Waals surface area (Å²) in [7, 11) is 0. The molecule has 24 heavy (non-hydrogen) atoms. The van der Waals surface area contributed by atoms with Gasteiger partial charge in [-0.2, -0.15) is 0 Å². The SMILES string of the molecule is CCc1ccc(-c2cc(NC(=O)c3cc(F)ccc3F)on2)cc1. The molecule has 0 unspecified atom stereocenters. The van der Waals surface area contributed by atoms with E-state index < -0.39 is 23.1 Å². The average molecular weight is 328 g/mol. The summed E-state index contributed by atoms with van der Waals surface area (Å²) in [5.74, 6) is -2.27. The molecule has 1 N–H and O–H groups in total. The molecule has 0 atom stereocenters. The summed E-state index contributed by atoms with van der Waals surface area (Å²) >= 11 is 0. The third kappa shape index (κ3) is 3.32. The Hall–Kier alpha value is -3.02. The number of hydrogen-bond acceptors (Lipinski definition) is 3. The summed E-state index contributed by atoms with van der Waals surface area (Å²) < 4.78 is 31.8. The van der Waals surface area contributed by atoms with Gasteiger partial charge in [-0.05, 0) is 30.2 Å². The molecular formula is C18H14F2N2O2. The molecule has 1 heterocycles. The number of nitrogens with one attached hydrogen (secondary N) is 1. The average Bonchev–Trinajstić information content (AvgIpc) is 3.05. The van der Waals surface area contributed by atoms with Gasteiger partial charge < -0.3 is 4.52 Å². The van der Waals surface area contributed by atoms with Crippen molar-refractivity contribution in [1.82, 2.24) is 5.16 Å². The second kappa shape index (κ2) is 6.62. The van der Waals surface area contributed by atoms with E-state index in [9.17, 15) is 13.6 Å². The first-order valence-corrected chi connectivity index (χ1v) is 7.39. The summed E-state index contributed by atoms with van der Waals surface area (Å²) in [5.41, 5.74) is 2.15. The van der Waals surface area contributed by atoms with Gasteiger partial charge in [-0.25, -0.2) is 8.78 Å². The van der Waals surface area contributed by atoms with Crippen LogP contribution in [0.25, 0.3) is 11.3 Å².